The number of halogens is 1. The number of methoxy groups -OCH3 is 2. The van der Waals surface area contributed by atoms with Crippen molar-refractivity contribution < 1.29 is 23.8 Å². The number of ketones is 1. The fourth-order valence-corrected chi connectivity index (χ4v) is 5.53. The van der Waals surface area contributed by atoms with Crippen molar-refractivity contribution in [2.75, 3.05) is 19.5 Å². The Kier molecular flexibility index (Phi) is 6.44. The fourth-order valence-electron chi connectivity index (χ4n) is 4.68. The predicted octanol–water partition coefficient (Wildman–Crippen LogP) is 4.49. The first kappa shape index (κ1) is 23.9. The molecule has 1 aromatic heterocycles. The van der Waals surface area contributed by atoms with E-state index < -0.39 is 11.5 Å². The average Bonchev–Trinajstić information content (AvgIpc) is 2.87. The number of rotatable bonds is 6. The van der Waals surface area contributed by atoms with E-state index >= 15 is 0 Å². The number of H-pyrrole nitrogens is 1. The number of nitrogens with one attached hydrogen (secondary N) is 2. The Morgan fingerprint density at radius 1 is 1.14 bits per heavy atom. The van der Waals surface area contributed by atoms with E-state index in [2.05, 4.69) is 15.3 Å². The van der Waals surface area contributed by atoms with E-state index in [0.29, 0.717) is 46.9 Å². The molecule has 0 unspecified atom stereocenters. The van der Waals surface area contributed by atoms with Crippen LogP contribution in [-0.4, -0.2) is 35.1 Å². The van der Waals surface area contributed by atoms with Gasteiger partial charge in [-0.25, -0.2) is 9.37 Å². The average molecular weight is 510 g/mol. The van der Waals surface area contributed by atoms with Gasteiger partial charge in [0.25, 0.3) is 5.56 Å². The lowest BCUT2D eigenvalue weighted by Gasteiger charge is -2.33. The van der Waals surface area contributed by atoms with Crippen molar-refractivity contribution >= 4 is 23.4 Å². The van der Waals surface area contributed by atoms with Crippen molar-refractivity contribution in [3.8, 4) is 17.2 Å². The van der Waals surface area contributed by atoms with Gasteiger partial charge in [-0.15, -0.1) is 0 Å². The number of aromatic amines is 1. The van der Waals surface area contributed by atoms with Crippen LogP contribution in [0.1, 0.15) is 41.9 Å². The maximum absolute atomic E-state index is 14.1. The van der Waals surface area contributed by atoms with Crippen LogP contribution in [0, 0.1) is 5.82 Å². The molecule has 0 bridgehead atoms. The van der Waals surface area contributed by atoms with Crippen molar-refractivity contribution in [2.45, 2.75) is 36.1 Å². The zero-order valence-corrected chi connectivity index (χ0v) is 20.5. The van der Waals surface area contributed by atoms with Crippen LogP contribution in [0.25, 0.3) is 0 Å². The number of allylic oxidation sites excluding steroid dienone is 2. The number of hydrogen-bond donors (Lipinski definition) is 3. The van der Waals surface area contributed by atoms with E-state index in [9.17, 15) is 19.1 Å². The summed E-state index contributed by atoms with van der Waals surface area (Å²) in [6, 6.07) is 9.65. The van der Waals surface area contributed by atoms with Crippen LogP contribution in [0.3, 0.4) is 0 Å². The monoisotopic (exact) mass is 509 g/mol. The molecule has 3 N–H and O–H groups in total. The Balaban J connectivity index is 1.62. The number of aromatic hydroxyl groups is 1. The molecule has 36 heavy (non-hydrogen) atoms. The molecule has 1 atom stereocenters. The molecule has 2 heterocycles. The van der Waals surface area contributed by atoms with E-state index in [0.717, 1.165) is 5.70 Å². The quantitative estimate of drug-likeness (QED) is 0.329. The van der Waals surface area contributed by atoms with Gasteiger partial charge in [-0.05, 0) is 42.2 Å². The first-order valence-corrected chi connectivity index (χ1v) is 12.4. The molecule has 0 saturated heterocycles. The third kappa shape index (κ3) is 4.21. The smallest absolute Gasteiger partial charge is 0.257 e. The number of nitrogens with zero attached hydrogens (tertiary/aromatic N) is 1. The van der Waals surface area contributed by atoms with Gasteiger partial charge in [0.2, 0.25) is 5.75 Å². The summed E-state index contributed by atoms with van der Waals surface area (Å²) in [7, 11) is 2.83. The molecule has 0 amide bonds. The van der Waals surface area contributed by atoms with Gasteiger partial charge < -0.3 is 24.9 Å². The molecule has 0 fully saturated rings. The summed E-state index contributed by atoms with van der Waals surface area (Å²) in [6.07, 6.45) is 1.70. The summed E-state index contributed by atoms with van der Waals surface area (Å²) >= 11 is 1.21. The molecule has 186 valence electrons. The number of thioether (sulfide) groups is 1. The van der Waals surface area contributed by atoms with E-state index in [1.54, 1.807) is 30.3 Å². The zero-order valence-electron chi connectivity index (χ0n) is 19.7. The standard InChI is InChI=1S/C26H24FN3O5S/c1-34-18-10-14(11-19(35-2)23(18)32)20-21-16(8-5-9-17(21)31)28-24-22(20)25(33)30-26(29-24)36-12-13-6-3-4-7-15(13)27/h3-4,6-7,10-11,20,32H,5,8-9,12H2,1-2H3,(H2,28,29,30,33)/t20-/m1/s1. The van der Waals surface area contributed by atoms with Crippen molar-refractivity contribution in [2.24, 2.45) is 0 Å². The fraction of sp³-hybridized carbons (Fsp3) is 0.269. The highest BCUT2D eigenvalue weighted by atomic mass is 32.2. The molecule has 0 spiro atoms. The first-order chi connectivity index (χ1) is 17.4. The molecule has 0 radical (unpaired) electrons. The highest BCUT2D eigenvalue weighted by Crippen LogP contribution is 2.47. The number of phenolic OH excluding ortho intramolecular Hbond substituents is 1. The Morgan fingerprint density at radius 3 is 2.56 bits per heavy atom. The van der Waals surface area contributed by atoms with Gasteiger partial charge in [-0.3, -0.25) is 9.59 Å². The summed E-state index contributed by atoms with van der Waals surface area (Å²) in [5.41, 5.74) is 2.16. The van der Waals surface area contributed by atoms with Crippen molar-refractivity contribution in [1.82, 2.24) is 9.97 Å². The van der Waals surface area contributed by atoms with Gasteiger partial charge in [-0.1, -0.05) is 30.0 Å². The number of Topliss-reactive ketones (excluding diaryl/α,β-unsaturated/α-hetero) is 1. The highest BCUT2D eigenvalue weighted by molar-refractivity contribution is 7.98. The Labute approximate surface area is 210 Å². The minimum absolute atomic E-state index is 0.0530. The Morgan fingerprint density at radius 2 is 1.86 bits per heavy atom. The van der Waals surface area contributed by atoms with Crippen LogP contribution in [0.4, 0.5) is 10.2 Å². The topological polar surface area (TPSA) is 114 Å². The maximum atomic E-state index is 14.1. The van der Waals surface area contributed by atoms with Crippen molar-refractivity contribution in [3.05, 3.63) is 80.5 Å². The molecular weight excluding hydrogens is 485 g/mol. The molecule has 0 saturated carbocycles. The number of carbonyl (C=O) groups is 1. The molecule has 3 aromatic rings. The molecule has 2 aliphatic rings. The molecule has 1 aliphatic carbocycles. The predicted molar refractivity (Wildman–Crippen MR) is 133 cm³/mol. The van der Waals surface area contributed by atoms with E-state index in [1.165, 1.54) is 32.0 Å². The van der Waals surface area contributed by atoms with Gasteiger partial charge in [-0.2, -0.15) is 0 Å². The van der Waals surface area contributed by atoms with Gasteiger partial charge in [0.15, 0.2) is 22.4 Å². The summed E-state index contributed by atoms with van der Waals surface area (Å²) in [5.74, 6) is -0.316. The van der Waals surface area contributed by atoms with Crippen LogP contribution < -0.4 is 20.3 Å². The minimum atomic E-state index is -0.727. The summed E-state index contributed by atoms with van der Waals surface area (Å²) < 4.78 is 24.7. The second kappa shape index (κ2) is 9.69. The number of fused-ring (bicyclic) bond motifs is 1. The lowest BCUT2D eigenvalue weighted by atomic mass is 9.76. The van der Waals surface area contributed by atoms with Crippen LogP contribution >= 0.6 is 11.8 Å². The van der Waals surface area contributed by atoms with Gasteiger partial charge in [0.1, 0.15) is 11.6 Å². The van der Waals surface area contributed by atoms with Crippen LogP contribution in [0.2, 0.25) is 0 Å². The van der Waals surface area contributed by atoms with Crippen LogP contribution in [-0.2, 0) is 10.5 Å². The number of benzene rings is 2. The van der Waals surface area contributed by atoms with Gasteiger partial charge in [0, 0.05) is 29.4 Å². The van der Waals surface area contributed by atoms with Gasteiger partial charge >= 0.3 is 0 Å². The van der Waals surface area contributed by atoms with E-state index in [1.807, 2.05) is 0 Å². The van der Waals surface area contributed by atoms with E-state index in [4.69, 9.17) is 9.47 Å². The number of carbonyl (C=O) groups excluding carboxylic acids is 1. The maximum Gasteiger partial charge on any atom is 0.257 e. The number of ether oxygens (including phenoxy) is 2. The van der Waals surface area contributed by atoms with Crippen LogP contribution in [0.15, 0.2) is 57.6 Å². The first-order valence-electron chi connectivity index (χ1n) is 11.4. The lowest BCUT2D eigenvalue weighted by molar-refractivity contribution is -0.116. The summed E-state index contributed by atoms with van der Waals surface area (Å²) in [5, 5.41) is 14.0. The van der Waals surface area contributed by atoms with Gasteiger partial charge in [0.05, 0.1) is 19.8 Å². The molecular formula is C26H24FN3O5S. The van der Waals surface area contributed by atoms with Crippen molar-refractivity contribution in [1.29, 1.82) is 0 Å². The number of hydrogen-bond acceptors (Lipinski definition) is 8. The van der Waals surface area contributed by atoms with Crippen molar-refractivity contribution in [3.63, 3.8) is 0 Å². The third-order valence-corrected chi connectivity index (χ3v) is 7.32. The number of anilines is 1. The molecule has 2 aromatic carbocycles. The zero-order chi connectivity index (χ0) is 25.4. The molecule has 1 aliphatic heterocycles. The van der Waals surface area contributed by atoms with Crippen LogP contribution in [0.5, 0.6) is 17.2 Å². The number of phenols is 1. The Bertz CT molecular complexity index is 1430. The Hall–Kier alpha value is -3.79. The summed E-state index contributed by atoms with van der Waals surface area (Å²) in [4.78, 5) is 33.9. The molecule has 5 rings (SSSR count). The molecule has 10 heteroatoms. The minimum Gasteiger partial charge on any atom is -0.502 e. The third-order valence-electron chi connectivity index (χ3n) is 6.39. The van der Waals surface area contributed by atoms with E-state index in [-0.39, 0.29) is 40.2 Å². The number of aromatic nitrogens is 2. The molecule has 8 nitrogen and oxygen atoms in total. The largest absolute Gasteiger partial charge is 0.502 e. The normalized spacial score (nSPS) is 16.8. The highest BCUT2D eigenvalue weighted by Gasteiger charge is 2.38. The lowest BCUT2D eigenvalue weighted by Crippen LogP contribution is -2.32. The summed E-state index contributed by atoms with van der Waals surface area (Å²) in [6.45, 7) is 0. The SMILES string of the molecule is COc1cc([C@@H]2C3=C(CCCC3=O)Nc3nc(SCc4ccccc4F)[nH]c(=O)c32)cc(OC)c1O. The second-order valence-corrected chi connectivity index (χ2v) is 9.48. The second-order valence-electron chi connectivity index (χ2n) is 8.51.